The quantitative estimate of drug-likeness (QED) is 0.759. The fraction of sp³-hybridized carbons (Fsp3) is 0.600. The molecule has 5 heteroatoms. The molecule has 1 aromatic rings. The van der Waals surface area contributed by atoms with Crippen molar-refractivity contribution in [2.45, 2.75) is 25.3 Å². The van der Waals surface area contributed by atoms with Gasteiger partial charge in [0.05, 0.1) is 24.5 Å². The first-order valence-electron chi connectivity index (χ1n) is 5.11. The van der Waals surface area contributed by atoms with Gasteiger partial charge in [-0.2, -0.15) is 0 Å². The highest BCUT2D eigenvalue weighted by Crippen LogP contribution is 2.22. The van der Waals surface area contributed by atoms with Gasteiger partial charge in [-0.05, 0) is 19.8 Å². The number of hydrogen-bond acceptors (Lipinski definition) is 5. The molecule has 3 N–H and O–H groups in total. The van der Waals surface area contributed by atoms with Crippen LogP contribution in [0.25, 0.3) is 0 Å². The molecule has 1 aromatic heterocycles. The van der Waals surface area contributed by atoms with Crippen LogP contribution in [0.2, 0.25) is 0 Å². The van der Waals surface area contributed by atoms with Gasteiger partial charge in [-0.1, -0.05) is 0 Å². The topological polar surface area (TPSA) is 73.1 Å². The number of anilines is 2. The van der Waals surface area contributed by atoms with Crippen molar-refractivity contribution in [1.82, 2.24) is 9.97 Å². The Labute approximate surface area is 89.1 Å². The van der Waals surface area contributed by atoms with E-state index in [2.05, 4.69) is 22.2 Å². The minimum atomic E-state index is -0.0548. The Kier molecular flexibility index (Phi) is 2.73. The summed E-state index contributed by atoms with van der Waals surface area (Å²) in [4.78, 5) is 8.15. The minimum Gasteiger partial charge on any atom is -0.382 e. The molecule has 1 fully saturated rings. The SMILES string of the molecule is CC1(Nc2cncc(N)n2)CCCOC1. The molecule has 0 amide bonds. The van der Waals surface area contributed by atoms with E-state index < -0.39 is 0 Å². The van der Waals surface area contributed by atoms with Gasteiger partial charge in [0.25, 0.3) is 0 Å². The molecule has 0 spiro atoms. The van der Waals surface area contributed by atoms with Gasteiger partial charge in [0.15, 0.2) is 0 Å². The lowest BCUT2D eigenvalue weighted by molar-refractivity contribution is 0.0539. The number of aromatic nitrogens is 2. The zero-order chi connectivity index (χ0) is 10.7. The molecule has 1 atom stereocenters. The van der Waals surface area contributed by atoms with Crippen molar-refractivity contribution in [2.24, 2.45) is 0 Å². The minimum absolute atomic E-state index is 0.0548. The lowest BCUT2D eigenvalue weighted by Crippen LogP contribution is -2.43. The van der Waals surface area contributed by atoms with Gasteiger partial charge in [-0.15, -0.1) is 0 Å². The van der Waals surface area contributed by atoms with Crippen molar-refractivity contribution >= 4 is 11.6 Å². The van der Waals surface area contributed by atoms with Crippen LogP contribution in [-0.2, 0) is 4.74 Å². The van der Waals surface area contributed by atoms with Gasteiger partial charge in [0, 0.05) is 6.61 Å². The molecule has 0 aromatic carbocycles. The molecule has 1 unspecified atom stereocenters. The first kappa shape index (κ1) is 10.2. The number of ether oxygens (including phenoxy) is 1. The second-order valence-corrected chi connectivity index (χ2v) is 4.17. The van der Waals surface area contributed by atoms with Crippen LogP contribution in [0.15, 0.2) is 12.4 Å². The number of nitrogens with two attached hydrogens (primary N) is 1. The van der Waals surface area contributed by atoms with Crippen molar-refractivity contribution in [3.8, 4) is 0 Å². The second kappa shape index (κ2) is 4.02. The Morgan fingerprint density at radius 1 is 1.53 bits per heavy atom. The summed E-state index contributed by atoms with van der Waals surface area (Å²) in [5, 5.41) is 3.32. The summed E-state index contributed by atoms with van der Waals surface area (Å²) in [5.41, 5.74) is 5.51. The number of nitrogens with one attached hydrogen (secondary N) is 1. The fourth-order valence-corrected chi connectivity index (χ4v) is 1.78. The summed E-state index contributed by atoms with van der Waals surface area (Å²) in [5.74, 6) is 1.14. The van der Waals surface area contributed by atoms with Crippen LogP contribution >= 0.6 is 0 Å². The monoisotopic (exact) mass is 208 g/mol. The van der Waals surface area contributed by atoms with Crippen LogP contribution in [0.1, 0.15) is 19.8 Å². The predicted octanol–water partition coefficient (Wildman–Crippen LogP) is 1.04. The summed E-state index contributed by atoms with van der Waals surface area (Å²) in [6.45, 7) is 3.67. The third-order valence-corrected chi connectivity index (χ3v) is 2.52. The average molecular weight is 208 g/mol. The summed E-state index contributed by atoms with van der Waals surface area (Å²) < 4.78 is 5.45. The summed E-state index contributed by atoms with van der Waals surface area (Å²) in [6, 6.07) is 0. The van der Waals surface area contributed by atoms with Gasteiger partial charge in [0.1, 0.15) is 11.6 Å². The maximum atomic E-state index is 5.56. The highest BCUT2D eigenvalue weighted by molar-refractivity contribution is 5.40. The lowest BCUT2D eigenvalue weighted by Gasteiger charge is -2.34. The first-order valence-corrected chi connectivity index (χ1v) is 5.11. The number of rotatable bonds is 2. The Hall–Kier alpha value is -1.36. The van der Waals surface area contributed by atoms with Crippen LogP contribution in [0.4, 0.5) is 11.6 Å². The molecule has 1 saturated heterocycles. The van der Waals surface area contributed by atoms with E-state index in [0.29, 0.717) is 18.2 Å². The zero-order valence-electron chi connectivity index (χ0n) is 8.86. The van der Waals surface area contributed by atoms with Gasteiger partial charge < -0.3 is 15.8 Å². The van der Waals surface area contributed by atoms with Crippen LogP contribution in [0, 0.1) is 0 Å². The summed E-state index contributed by atoms with van der Waals surface area (Å²) in [6.07, 6.45) is 5.35. The Morgan fingerprint density at radius 2 is 2.40 bits per heavy atom. The molecule has 1 aliphatic heterocycles. The molecular weight excluding hydrogens is 192 g/mol. The van der Waals surface area contributed by atoms with E-state index >= 15 is 0 Å². The lowest BCUT2D eigenvalue weighted by atomic mass is 9.95. The van der Waals surface area contributed by atoms with Crippen LogP contribution < -0.4 is 11.1 Å². The van der Waals surface area contributed by atoms with Crippen molar-refractivity contribution < 1.29 is 4.74 Å². The molecule has 0 aliphatic carbocycles. The zero-order valence-corrected chi connectivity index (χ0v) is 8.86. The van der Waals surface area contributed by atoms with Gasteiger partial charge in [-0.25, -0.2) is 4.98 Å². The van der Waals surface area contributed by atoms with Crippen molar-refractivity contribution in [2.75, 3.05) is 24.3 Å². The Balaban J connectivity index is 2.06. The highest BCUT2D eigenvalue weighted by atomic mass is 16.5. The van der Waals surface area contributed by atoms with Gasteiger partial charge in [-0.3, -0.25) is 4.98 Å². The molecule has 0 saturated carbocycles. The van der Waals surface area contributed by atoms with E-state index in [4.69, 9.17) is 10.5 Å². The third-order valence-electron chi connectivity index (χ3n) is 2.52. The van der Waals surface area contributed by atoms with Crippen LogP contribution in [0.3, 0.4) is 0 Å². The number of nitrogen functional groups attached to an aromatic ring is 1. The largest absolute Gasteiger partial charge is 0.382 e. The molecule has 0 radical (unpaired) electrons. The normalized spacial score (nSPS) is 26.2. The summed E-state index contributed by atoms with van der Waals surface area (Å²) >= 11 is 0. The van der Waals surface area contributed by atoms with E-state index in [1.54, 1.807) is 6.20 Å². The van der Waals surface area contributed by atoms with Crippen LogP contribution in [-0.4, -0.2) is 28.7 Å². The summed E-state index contributed by atoms with van der Waals surface area (Å²) in [7, 11) is 0. The fourth-order valence-electron chi connectivity index (χ4n) is 1.78. The van der Waals surface area contributed by atoms with E-state index in [-0.39, 0.29) is 5.54 Å². The first-order chi connectivity index (χ1) is 7.18. The molecule has 0 bridgehead atoms. The molecule has 1 aliphatic rings. The predicted molar refractivity (Wildman–Crippen MR) is 58.5 cm³/mol. The standard InChI is InChI=1S/C10H16N4O/c1-10(3-2-4-15-7-10)14-9-6-12-5-8(11)13-9/h5-6H,2-4,7H2,1H3,(H3,11,13,14). The van der Waals surface area contributed by atoms with Crippen molar-refractivity contribution in [3.63, 3.8) is 0 Å². The Morgan fingerprint density at radius 3 is 3.07 bits per heavy atom. The molecule has 2 heterocycles. The van der Waals surface area contributed by atoms with Crippen molar-refractivity contribution in [3.05, 3.63) is 12.4 Å². The van der Waals surface area contributed by atoms with Gasteiger partial charge in [0.2, 0.25) is 0 Å². The van der Waals surface area contributed by atoms with Gasteiger partial charge >= 0.3 is 0 Å². The smallest absolute Gasteiger partial charge is 0.147 e. The highest BCUT2D eigenvalue weighted by Gasteiger charge is 2.27. The number of hydrogen-bond donors (Lipinski definition) is 2. The molecule has 2 rings (SSSR count). The molecule has 5 nitrogen and oxygen atoms in total. The Bertz CT molecular complexity index is 336. The van der Waals surface area contributed by atoms with Crippen LogP contribution in [0.5, 0.6) is 0 Å². The average Bonchev–Trinajstić information content (AvgIpc) is 2.18. The molecular formula is C10H16N4O. The third kappa shape index (κ3) is 2.56. The van der Waals surface area contributed by atoms with E-state index in [1.165, 1.54) is 6.20 Å². The van der Waals surface area contributed by atoms with Crippen molar-refractivity contribution in [1.29, 1.82) is 0 Å². The second-order valence-electron chi connectivity index (χ2n) is 4.17. The molecule has 15 heavy (non-hydrogen) atoms. The van der Waals surface area contributed by atoms with E-state index in [1.807, 2.05) is 0 Å². The van der Waals surface area contributed by atoms with E-state index in [9.17, 15) is 0 Å². The maximum Gasteiger partial charge on any atom is 0.147 e. The van der Waals surface area contributed by atoms with E-state index in [0.717, 1.165) is 19.4 Å². The number of nitrogens with zero attached hydrogens (tertiary/aromatic N) is 2. The molecule has 82 valence electrons. The maximum absolute atomic E-state index is 5.56.